The van der Waals surface area contributed by atoms with E-state index >= 15 is 0 Å². The van der Waals surface area contributed by atoms with Gasteiger partial charge in [0.2, 0.25) is 11.8 Å². The van der Waals surface area contributed by atoms with Crippen molar-refractivity contribution >= 4 is 50.9 Å². The van der Waals surface area contributed by atoms with Crippen LogP contribution in [0, 0.1) is 0 Å². The van der Waals surface area contributed by atoms with E-state index < -0.39 is 0 Å². The lowest BCUT2D eigenvalue weighted by molar-refractivity contribution is -0.130. The number of carbonyl (C=O) groups is 2. The van der Waals surface area contributed by atoms with Gasteiger partial charge < -0.3 is 30.1 Å². The Kier molecular flexibility index (Phi) is 12.8. The van der Waals surface area contributed by atoms with Gasteiger partial charge in [-0.15, -0.1) is 0 Å². The second kappa shape index (κ2) is 18.3. The molecule has 0 spiro atoms. The first-order valence-electron chi connectivity index (χ1n) is 18.8. The van der Waals surface area contributed by atoms with Gasteiger partial charge in [-0.1, -0.05) is 62.1 Å². The lowest BCUT2D eigenvalue weighted by Gasteiger charge is -2.22. The monoisotopic (exact) mass is 714 g/mol. The van der Waals surface area contributed by atoms with Crippen LogP contribution >= 0.6 is 0 Å². The van der Waals surface area contributed by atoms with Crippen LogP contribution < -0.4 is 20.1 Å². The van der Waals surface area contributed by atoms with E-state index in [2.05, 4.69) is 22.8 Å². The number of unbranched alkanes of at least 4 members (excludes halogenated alkanes) is 5. The van der Waals surface area contributed by atoms with E-state index in [1.165, 1.54) is 49.0 Å². The second-order valence-corrected chi connectivity index (χ2v) is 13.7. The van der Waals surface area contributed by atoms with Crippen molar-refractivity contribution in [1.29, 1.82) is 0 Å². The molecule has 4 aromatic carbocycles. The van der Waals surface area contributed by atoms with E-state index in [-0.39, 0.29) is 24.1 Å². The van der Waals surface area contributed by atoms with Crippen molar-refractivity contribution in [3.05, 3.63) is 102 Å². The lowest BCUT2D eigenvalue weighted by atomic mass is 9.92. The van der Waals surface area contributed by atoms with Crippen LogP contribution in [0.2, 0.25) is 0 Å². The number of aryl methyl sites for hydroxylation is 1. The van der Waals surface area contributed by atoms with Crippen molar-refractivity contribution in [1.82, 2.24) is 9.88 Å². The molecule has 1 aliphatic carbocycles. The third-order valence-electron chi connectivity index (χ3n) is 9.93. The summed E-state index contributed by atoms with van der Waals surface area (Å²) in [5.41, 5.74) is 6.23. The zero-order chi connectivity index (χ0) is 37.0. The molecule has 53 heavy (non-hydrogen) atoms. The Labute approximate surface area is 312 Å². The van der Waals surface area contributed by atoms with Crippen LogP contribution in [0.3, 0.4) is 0 Å². The number of amides is 2. The van der Waals surface area contributed by atoms with Crippen molar-refractivity contribution in [3.63, 3.8) is 0 Å². The average Bonchev–Trinajstić information content (AvgIpc) is 3.18. The molecule has 0 radical (unpaired) electrons. The number of nitrogens with one attached hydrogen (secondary N) is 2. The van der Waals surface area contributed by atoms with E-state index in [9.17, 15) is 14.7 Å². The Morgan fingerprint density at radius 3 is 2.47 bits per heavy atom. The molecule has 2 amide bonds. The van der Waals surface area contributed by atoms with Gasteiger partial charge in [-0.25, -0.2) is 0 Å². The molecule has 9 nitrogen and oxygen atoms in total. The smallest absolute Gasteiger partial charge is 0.247 e. The van der Waals surface area contributed by atoms with E-state index in [1.54, 1.807) is 30.2 Å². The Hall–Kier alpha value is -5.57. The fourth-order valence-corrected chi connectivity index (χ4v) is 7.06. The minimum absolute atomic E-state index is 0.0289. The molecule has 5 aromatic rings. The number of phenols is 1. The van der Waals surface area contributed by atoms with E-state index in [0.717, 1.165) is 85.3 Å². The predicted octanol–water partition coefficient (Wildman–Crippen LogP) is 8.92. The summed E-state index contributed by atoms with van der Waals surface area (Å²) >= 11 is 0. The number of methoxy groups -OCH3 is 2. The normalized spacial score (nSPS) is 12.5. The maximum absolute atomic E-state index is 13.4. The molecule has 1 aliphatic rings. The van der Waals surface area contributed by atoms with Gasteiger partial charge in [-0.3, -0.25) is 14.6 Å². The molecule has 3 N–H and O–H groups in total. The molecule has 0 aliphatic heterocycles. The van der Waals surface area contributed by atoms with E-state index in [1.807, 2.05) is 48.5 Å². The highest BCUT2D eigenvalue weighted by atomic mass is 16.5. The number of ether oxygens (including phenoxy) is 2. The van der Waals surface area contributed by atoms with E-state index in [0.29, 0.717) is 23.5 Å². The fraction of sp³-hybridized carbons (Fsp3) is 0.341. The highest BCUT2D eigenvalue weighted by Gasteiger charge is 2.19. The number of hydrogen-bond donors (Lipinski definition) is 3. The molecule has 0 saturated carbocycles. The molecule has 0 saturated heterocycles. The Morgan fingerprint density at radius 1 is 0.849 bits per heavy atom. The van der Waals surface area contributed by atoms with Crippen LogP contribution in [-0.4, -0.2) is 60.7 Å². The first-order valence-corrected chi connectivity index (χ1v) is 18.8. The van der Waals surface area contributed by atoms with Gasteiger partial charge in [0.25, 0.3) is 0 Å². The topological polar surface area (TPSA) is 113 Å². The summed E-state index contributed by atoms with van der Waals surface area (Å²) in [6.45, 7) is 1.31. The van der Waals surface area contributed by atoms with Crippen LogP contribution in [-0.2, 0) is 22.4 Å². The second-order valence-electron chi connectivity index (χ2n) is 13.7. The molecule has 0 atom stereocenters. The molecule has 6 rings (SSSR count). The number of pyridine rings is 1. The molecule has 9 heteroatoms. The minimum Gasteiger partial charge on any atom is -0.504 e. The number of aromatic hydroxyl groups is 1. The molecule has 0 bridgehead atoms. The number of aromatic nitrogens is 1. The minimum atomic E-state index is -0.250. The number of anilines is 2. The number of phenolic OH excluding ortho intramolecular Hbond substituents is 1. The molecular formula is C44H50N4O5. The van der Waals surface area contributed by atoms with Crippen molar-refractivity contribution in [2.24, 2.45) is 0 Å². The van der Waals surface area contributed by atoms with Crippen LogP contribution in [0.4, 0.5) is 11.4 Å². The summed E-state index contributed by atoms with van der Waals surface area (Å²) in [6.07, 6.45) is 13.7. The zero-order valence-electron chi connectivity index (χ0n) is 30.8. The van der Waals surface area contributed by atoms with Crippen molar-refractivity contribution in [2.75, 3.05) is 44.5 Å². The lowest BCUT2D eigenvalue weighted by Crippen LogP contribution is -2.37. The van der Waals surface area contributed by atoms with Gasteiger partial charge >= 0.3 is 0 Å². The maximum atomic E-state index is 13.4. The molecule has 276 valence electrons. The Balaban J connectivity index is 1.000. The standard InChI is InChI=1S/C44H50N4O5/c1-52-35-21-22-39-37(29-35)44(36-15-9-10-16-38(36)47-39)45-25-11-5-3-4-6-12-26-48(43(51)24-18-31-17-23-40(49)41(27-31)53-2)30-42(50)46-34-20-19-32-13-7-8-14-33(32)28-34/h7-8,13-14,17-24,27-29,49H,3-6,9-12,15-16,25-26,30H2,1-2H3,(H,45,47)(H,46,50)/b24-18+. The highest BCUT2D eigenvalue weighted by Crippen LogP contribution is 2.35. The van der Waals surface area contributed by atoms with Gasteiger partial charge in [0.15, 0.2) is 11.5 Å². The first kappa shape index (κ1) is 37.2. The third kappa shape index (κ3) is 9.86. The number of fused-ring (bicyclic) bond motifs is 3. The van der Waals surface area contributed by atoms with Gasteiger partial charge in [-0.2, -0.15) is 0 Å². The number of carbonyl (C=O) groups excluding carboxylic acids is 2. The summed E-state index contributed by atoms with van der Waals surface area (Å²) in [6, 6.07) is 24.8. The summed E-state index contributed by atoms with van der Waals surface area (Å²) in [5.74, 6) is 0.703. The van der Waals surface area contributed by atoms with Gasteiger partial charge in [0.05, 0.1) is 19.7 Å². The predicted molar refractivity (Wildman–Crippen MR) is 214 cm³/mol. The van der Waals surface area contributed by atoms with Gasteiger partial charge in [0, 0.05) is 41.6 Å². The first-order chi connectivity index (χ1) is 25.9. The fourth-order valence-electron chi connectivity index (χ4n) is 7.06. The van der Waals surface area contributed by atoms with Crippen molar-refractivity contribution < 1.29 is 24.2 Å². The van der Waals surface area contributed by atoms with Crippen molar-refractivity contribution in [2.45, 2.75) is 64.2 Å². The third-order valence-corrected chi connectivity index (χ3v) is 9.93. The molecule has 0 fully saturated rings. The van der Waals surface area contributed by atoms with Gasteiger partial charge in [-0.05, 0) is 109 Å². The average molecular weight is 715 g/mol. The summed E-state index contributed by atoms with van der Waals surface area (Å²) in [4.78, 5) is 33.2. The Morgan fingerprint density at radius 2 is 1.64 bits per heavy atom. The zero-order valence-corrected chi connectivity index (χ0v) is 30.8. The quantitative estimate of drug-likeness (QED) is 0.0651. The van der Waals surface area contributed by atoms with Crippen LogP contribution in [0.1, 0.15) is 68.2 Å². The van der Waals surface area contributed by atoms with Crippen molar-refractivity contribution in [3.8, 4) is 17.2 Å². The SMILES string of the molecule is COc1ccc2nc3c(c(NCCCCCCCCN(CC(=O)Nc4ccc5ccccc5c4)C(=O)/C=C/c4ccc(O)c(OC)c4)c2c1)CCCC3. The van der Waals surface area contributed by atoms with Gasteiger partial charge in [0.1, 0.15) is 12.3 Å². The number of nitrogens with zero attached hydrogens (tertiary/aromatic N) is 2. The number of benzene rings is 4. The maximum Gasteiger partial charge on any atom is 0.247 e. The molecular weight excluding hydrogens is 665 g/mol. The van der Waals surface area contributed by atoms with Crippen LogP contribution in [0.25, 0.3) is 27.8 Å². The van der Waals surface area contributed by atoms with E-state index in [4.69, 9.17) is 14.5 Å². The summed E-state index contributed by atoms with van der Waals surface area (Å²) < 4.78 is 10.7. The summed E-state index contributed by atoms with van der Waals surface area (Å²) in [5, 5.41) is 19.9. The molecule has 1 heterocycles. The molecule has 1 aromatic heterocycles. The molecule has 0 unspecified atom stereocenters. The Bertz CT molecular complexity index is 2080. The highest BCUT2D eigenvalue weighted by molar-refractivity contribution is 5.99. The van der Waals surface area contributed by atoms with Crippen LogP contribution in [0.15, 0.2) is 84.9 Å². The number of rotatable bonds is 17. The van der Waals surface area contributed by atoms with Crippen LogP contribution in [0.5, 0.6) is 17.2 Å². The summed E-state index contributed by atoms with van der Waals surface area (Å²) in [7, 11) is 3.18. The number of hydrogen-bond acceptors (Lipinski definition) is 7. The largest absolute Gasteiger partial charge is 0.504 e.